The Labute approximate surface area is 320 Å². The molecule has 3 heteroatoms. The third-order valence-electron chi connectivity index (χ3n) is 10.9. The SMILES string of the molecule is C=Cc1c(C=N)n(-c2ccccc2)c2c(F)ccc(-c3ccc4c(-c5cccc6ccccc56)c5ccccc5c(C(/C=C\CC)=C5\C=CC=CC5)c4c3)c12. The number of nitrogens with one attached hydrogen (secondary N) is 1. The van der Waals surface area contributed by atoms with Crippen molar-refractivity contribution in [3.63, 3.8) is 0 Å². The van der Waals surface area contributed by atoms with Crippen molar-refractivity contribution in [2.45, 2.75) is 19.8 Å². The second-order valence-corrected chi connectivity index (χ2v) is 14.0. The first-order valence-corrected chi connectivity index (χ1v) is 18.9. The molecule has 7 aromatic carbocycles. The molecule has 55 heavy (non-hydrogen) atoms. The first-order chi connectivity index (χ1) is 27.1. The highest BCUT2D eigenvalue weighted by atomic mass is 19.1. The van der Waals surface area contributed by atoms with E-state index in [0.29, 0.717) is 11.2 Å². The van der Waals surface area contributed by atoms with Crippen molar-refractivity contribution in [3.8, 4) is 27.9 Å². The van der Waals surface area contributed by atoms with Crippen LogP contribution in [0.4, 0.5) is 4.39 Å². The second-order valence-electron chi connectivity index (χ2n) is 14.0. The minimum atomic E-state index is -0.349. The fraction of sp³-hybridized carbons (Fsp3) is 0.0577. The molecule has 1 heterocycles. The van der Waals surface area contributed by atoms with Crippen LogP contribution < -0.4 is 0 Å². The average Bonchev–Trinajstić information content (AvgIpc) is 3.59. The molecule has 0 bridgehead atoms. The Hall–Kier alpha value is -6.84. The molecule has 2 nitrogen and oxygen atoms in total. The van der Waals surface area contributed by atoms with Gasteiger partial charge in [-0.2, -0.15) is 0 Å². The van der Waals surface area contributed by atoms with E-state index in [2.05, 4.69) is 135 Å². The molecule has 1 aliphatic carbocycles. The molecule has 1 aromatic heterocycles. The summed E-state index contributed by atoms with van der Waals surface area (Å²) in [4.78, 5) is 0. The lowest BCUT2D eigenvalue weighted by atomic mass is 9.81. The number of allylic oxidation sites excluding steroid dienone is 8. The van der Waals surface area contributed by atoms with Gasteiger partial charge in [0.25, 0.3) is 0 Å². The van der Waals surface area contributed by atoms with Crippen LogP contribution in [0, 0.1) is 11.2 Å². The number of benzene rings is 7. The van der Waals surface area contributed by atoms with Crippen LogP contribution in [-0.4, -0.2) is 10.8 Å². The van der Waals surface area contributed by atoms with Crippen molar-refractivity contribution >= 4 is 61.1 Å². The lowest BCUT2D eigenvalue weighted by Crippen LogP contribution is -2.00. The summed E-state index contributed by atoms with van der Waals surface area (Å²) in [5.41, 5.74) is 10.4. The van der Waals surface area contributed by atoms with Crippen molar-refractivity contribution in [3.05, 3.63) is 199 Å². The molecular weight excluding hydrogens is 672 g/mol. The molecule has 0 atom stereocenters. The van der Waals surface area contributed by atoms with Crippen molar-refractivity contribution < 1.29 is 4.39 Å². The normalized spacial score (nSPS) is 13.8. The highest BCUT2D eigenvalue weighted by Gasteiger charge is 2.24. The van der Waals surface area contributed by atoms with Crippen LogP contribution in [0.5, 0.6) is 0 Å². The maximum Gasteiger partial charge on any atom is 0.147 e. The van der Waals surface area contributed by atoms with Gasteiger partial charge in [-0.05, 0) is 108 Å². The summed E-state index contributed by atoms with van der Waals surface area (Å²) < 4.78 is 18.1. The molecule has 0 saturated carbocycles. The van der Waals surface area contributed by atoms with Crippen LogP contribution >= 0.6 is 0 Å². The van der Waals surface area contributed by atoms with Crippen LogP contribution in [0.15, 0.2) is 176 Å². The van der Waals surface area contributed by atoms with Gasteiger partial charge in [-0.3, -0.25) is 0 Å². The fourth-order valence-corrected chi connectivity index (χ4v) is 8.53. The Bertz CT molecular complexity index is 2960. The highest BCUT2D eigenvalue weighted by Crippen LogP contribution is 2.47. The molecule has 9 rings (SSSR count). The molecule has 1 N–H and O–H groups in total. The quantitative estimate of drug-likeness (QED) is 0.120. The number of para-hydroxylation sites is 1. The third-order valence-corrected chi connectivity index (χ3v) is 10.9. The van der Waals surface area contributed by atoms with E-state index in [1.54, 1.807) is 12.1 Å². The smallest absolute Gasteiger partial charge is 0.147 e. The van der Waals surface area contributed by atoms with Gasteiger partial charge in [0.2, 0.25) is 0 Å². The maximum atomic E-state index is 16.2. The van der Waals surface area contributed by atoms with Crippen molar-refractivity contribution in [2.75, 3.05) is 0 Å². The molecule has 0 radical (unpaired) electrons. The summed E-state index contributed by atoms with van der Waals surface area (Å²) in [6.07, 6.45) is 18.1. The van der Waals surface area contributed by atoms with E-state index in [9.17, 15) is 0 Å². The van der Waals surface area contributed by atoms with E-state index in [-0.39, 0.29) is 5.82 Å². The van der Waals surface area contributed by atoms with E-state index >= 15 is 4.39 Å². The summed E-state index contributed by atoms with van der Waals surface area (Å²) in [5, 5.41) is 16.3. The molecule has 0 spiro atoms. The van der Waals surface area contributed by atoms with Gasteiger partial charge in [-0.1, -0.05) is 159 Å². The zero-order valence-electron chi connectivity index (χ0n) is 30.7. The van der Waals surface area contributed by atoms with Crippen molar-refractivity contribution in [1.82, 2.24) is 4.57 Å². The van der Waals surface area contributed by atoms with Crippen molar-refractivity contribution in [1.29, 1.82) is 5.41 Å². The number of rotatable bonds is 8. The lowest BCUT2D eigenvalue weighted by Gasteiger charge is -2.22. The first kappa shape index (κ1) is 34.0. The molecular formula is C52H39FN2. The molecule has 1 aliphatic rings. The van der Waals surface area contributed by atoms with Crippen LogP contribution in [0.1, 0.15) is 36.6 Å². The Morgan fingerprint density at radius 2 is 1.51 bits per heavy atom. The number of hydrogen-bond donors (Lipinski definition) is 1. The Morgan fingerprint density at radius 3 is 2.27 bits per heavy atom. The van der Waals surface area contributed by atoms with E-state index in [0.717, 1.165) is 51.4 Å². The topological polar surface area (TPSA) is 28.8 Å². The van der Waals surface area contributed by atoms with Gasteiger partial charge >= 0.3 is 0 Å². The fourth-order valence-electron chi connectivity index (χ4n) is 8.53. The van der Waals surface area contributed by atoms with Gasteiger partial charge in [0, 0.05) is 22.9 Å². The van der Waals surface area contributed by atoms with Crippen LogP contribution in [-0.2, 0) is 0 Å². The summed E-state index contributed by atoms with van der Waals surface area (Å²) in [6, 6.07) is 43.9. The van der Waals surface area contributed by atoms with Gasteiger partial charge in [0.05, 0.1) is 11.2 Å². The average molecular weight is 711 g/mol. The van der Waals surface area contributed by atoms with Crippen LogP contribution in [0.2, 0.25) is 0 Å². The van der Waals surface area contributed by atoms with E-state index in [4.69, 9.17) is 5.41 Å². The molecule has 0 saturated heterocycles. The zero-order valence-corrected chi connectivity index (χ0v) is 30.7. The maximum absolute atomic E-state index is 16.2. The van der Waals surface area contributed by atoms with Gasteiger partial charge < -0.3 is 9.98 Å². The van der Waals surface area contributed by atoms with Gasteiger partial charge in [-0.25, -0.2) is 4.39 Å². The number of nitrogens with zero attached hydrogens (tertiary/aromatic N) is 1. The number of fused-ring (bicyclic) bond motifs is 4. The molecule has 8 aromatic rings. The number of hydrogen-bond acceptors (Lipinski definition) is 1. The molecule has 264 valence electrons. The van der Waals surface area contributed by atoms with Gasteiger partial charge in [-0.15, -0.1) is 0 Å². The lowest BCUT2D eigenvalue weighted by molar-refractivity contribution is 0.634. The Kier molecular flexibility index (Phi) is 8.76. The summed E-state index contributed by atoms with van der Waals surface area (Å²) >= 11 is 0. The summed E-state index contributed by atoms with van der Waals surface area (Å²) in [5.74, 6) is -0.349. The second kappa shape index (κ2) is 14.2. The number of halogens is 1. The molecule has 0 amide bonds. The highest BCUT2D eigenvalue weighted by molar-refractivity contribution is 6.23. The zero-order chi connectivity index (χ0) is 37.5. The summed E-state index contributed by atoms with van der Waals surface area (Å²) in [7, 11) is 0. The Balaban J connectivity index is 1.45. The predicted molar refractivity (Wildman–Crippen MR) is 234 cm³/mol. The molecule has 0 fully saturated rings. The van der Waals surface area contributed by atoms with Crippen LogP contribution in [0.25, 0.3) is 82.8 Å². The monoisotopic (exact) mass is 710 g/mol. The van der Waals surface area contributed by atoms with Gasteiger partial charge in [0.15, 0.2) is 0 Å². The minimum Gasteiger partial charge on any atom is -0.307 e. The van der Waals surface area contributed by atoms with Crippen molar-refractivity contribution in [2.24, 2.45) is 0 Å². The van der Waals surface area contributed by atoms with Crippen LogP contribution in [0.3, 0.4) is 0 Å². The van der Waals surface area contributed by atoms with E-state index < -0.39 is 0 Å². The number of aromatic nitrogens is 1. The standard InChI is InChI=1S/C52H39FN2/c1-3-5-23-40(35-17-8-6-9-18-35)49-43-25-14-15-26-44(43)50(42-27-16-20-34-19-12-13-24-39(34)42)45-29-28-36(32-46(45)49)41-30-31-47(53)52-51(41)38(4-2)48(33-54)55(52)37-21-10-7-11-22-37/h4-17,19-33,54H,2-3,18H2,1H3/b23-5-,40-35+,54-33?. The molecule has 0 aliphatic heterocycles. The van der Waals surface area contributed by atoms with E-state index in [1.807, 2.05) is 41.0 Å². The predicted octanol–water partition coefficient (Wildman–Crippen LogP) is 14.4. The first-order valence-electron chi connectivity index (χ1n) is 18.9. The van der Waals surface area contributed by atoms with E-state index in [1.165, 1.54) is 55.6 Å². The third kappa shape index (κ3) is 5.59. The minimum absolute atomic E-state index is 0.349. The summed E-state index contributed by atoms with van der Waals surface area (Å²) in [6.45, 7) is 6.34. The molecule has 0 unspecified atom stereocenters. The van der Waals surface area contributed by atoms with Gasteiger partial charge in [0.1, 0.15) is 5.82 Å². The Morgan fingerprint density at radius 1 is 0.764 bits per heavy atom. The largest absolute Gasteiger partial charge is 0.307 e.